The Bertz CT molecular complexity index is 583. The summed E-state index contributed by atoms with van der Waals surface area (Å²) in [6, 6.07) is 8.17. The van der Waals surface area contributed by atoms with Crippen molar-refractivity contribution in [1.82, 2.24) is 15.5 Å². The molecule has 30 heavy (non-hydrogen) atoms. The molecule has 0 unspecified atom stereocenters. The summed E-state index contributed by atoms with van der Waals surface area (Å²) in [5.41, 5.74) is 1.13. The van der Waals surface area contributed by atoms with Gasteiger partial charge < -0.3 is 24.8 Å². The third-order valence-electron chi connectivity index (χ3n) is 4.81. The first-order valence-corrected chi connectivity index (χ1v) is 10.9. The molecule has 8 heteroatoms. The fourth-order valence-electron chi connectivity index (χ4n) is 3.03. The lowest BCUT2D eigenvalue weighted by atomic mass is 10.2. The molecule has 0 atom stereocenters. The number of hydrogen-bond acceptors (Lipinski definition) is 5. The molecule has 0 saturated carbocycles. The summed E-state index contributed by atoms with van der Waals surface area (Å²) in [6.45, 7) is 10.5. The maximum absolute atomic E-state index is 6.05. The van der Waals surface area contributed by atoms with Crippen molar-refractivity contribution in [1.29, 1.82) is 0 Å². The smallest absolute Gasteiger partial charge is 0.191 e. The number of para-hydroxylation sites is 1. The average molecular weight is 534 g/mol. The Kier molecular flexibility index (Phi) is 15.8. The van der Waals surface area contributed by atoms with E-state index >= 15 is 0 Å². The van der Waals surface area contributed by atoms with Crippen molar-refractivity contribution in [2.45, 2.75) is 32.7 Å². The van der Waals surface area contributed by atoms with Gasteiger partial charge in [-0.25, -0.2) is 0 Å². The van der Waals surface area contributed by atoms with Crippen molar-refractivity contribution in [2.24, 2.45) is 4.99 Å². The van der Waals surface area contributed by atoms with E-state index in [0.717, 1.165) is 82.7 Å². The highest BCUT2D eigenvalue weighted by Crippen LogP contribution is 2.17. The second-order valence-corrected chi connectivity index (χ2v) is 7.08. The average Bonchev–Trinajstić information content (AvgIpc) is 2.77. The SMILES string of the molecule is CCCCOCCCNC(=NC)NCc1ccccc1OCCN1CCOCC1.I. The van der Waals surface area contributed by atoms with E-state index < -0.39 is 0 Å². The molecule has 1 heterocycles. The Balaban J connectivity index is 0.00000450. The molecule has 1 aromatic carbocycles. The highest BCUT2D eigenvalue weighted by Gasteiger charge is 2.10. The highest BCUT2D eigenvalue weighted by atomic mass is 127. The van der Waals surface area contributed by atoms with Gasteiger partial charge >= 0.3 is 0 Å². The van der Waals surface area contributed by atoms with Gasteiger partial charge in [0.25, 0.3) is 0 Å². The monoisotopic (exact) mass is 534 g/mol. The van der Waals surface area contributed by atoms with Crippen LogP contribution in [0, 0.1) is 0 Å². The quantitative estimate of drug-likeness (QED) is 0.176. The lowest BCUT2D eigenvalue weighted by molar-refractivity contribution is 0.0322. The first-order chi connectivity index (χ1) is 14.3. The van der Waals surface area contributed by atoms with Crippen LogP contribution in [0.1, 0.15) is 31.7 Å². The third kappa shape index (κ3) is 11.3. The molecule has 7 nitrogen and oxygen atoms in total. The van der Waals surface area contributed by atoms with Gasteiger partial charge in [-0.2, -0.15) is 0 Å². The number of nitrogens with one attached hydrogen (secondary N) is 2. The third-order valence-corrected chi connectivity index (χ3v) is 4.81. The van der Waals surface area contributed by atoms with Gasteiger partial charge in [0.1, 0.15) is 12.4 Å². The standard InChI is InChI=1S/C22H38N4O3.HI/c1-3-4-14-27-15-7-10-24-22(23-2)25-19-20-8-5-6-9-21(20)29-18-13-26-11-16-28-17-12-26;/h5-6,8-9H,3-4,7,10-19H2,1-2H3,(H2,23,24,25);1H. The van der Waals surface area contributed by atoms with Crippen LogP contribution < -0.4 is 15.4 Å². The predicted molar refractivity (Wildman–Crippen MR) is 133 cm³/mol. The number of guanidine groups is 1. The number of halogens is 1. The van der Waals surface area contributed by atoms with Crippen LogP contribution in [0.2, 0.25) is 0 Å². The van der Waals surface area contributed by atoms with Gasteiger partial charge in [0.2, 0.25) is 0 Å². The minimum absolute atomic E-state index is 0. The topological polar surface area (TPSA) is 67.3 Å². The van der Waals surface area contributed by atoms with E-state index in [-0.39, 0.29) is 24.0 Å². The van der Waals surface area contributed by atoms with Gasteiger partial charge in [-0.3, -0.25) is 9.89 Å². The van der Waals surface area contributed by atoms with Crippen LogP contribution >= 0.6 is 24.0 Å². The van der Waals surface area contributed by atoms with Crippen molar-refractivity contribution in [2.75, 3.05) is 66.3 Å². The number of rotatable bonds is 13. The fourth-order valence-corrected chi connectivity index (χ4v) is 3.03. The van der Waals surface area contributed by atoms with Crippen LogP contribution in [-0.2, 0) is 16.0 Å². The molecule has 1 aliphatic heterocycles. The number of aliphatic imine (C=N–C) groups is 1. The van der Waals surface area contributed by atoms with Crippen LogP contribution in [0.5, 0.6) is 5.75 Å². The lowest BCUT2D eigenvalue weighted by Crippen LogP contribution is -2.39. The van der Waals surface area contributed by atoms with E-state index in [4.69, 9.17) is 14.2 Å². The zero-order valence-corrected chi connectivity index (χ0v) is 20.9. The molecule has 0 amide bonds. The number of hydrogen-bond donors (Lipinski definition) is 2. The first kappa shape index (κ1) is 26.9. The van der Waals surface area contributed by atoms with Gasteiger partial charge in [-0.1, -0.05) is 31.5 Å². The largest absolute Gasteiger partial charge is 0.492 e. The summed E-state index contributed by atoms with van der Waals surface area (Å²) in [4.78, 5) is 6.67. The van der Waals surface area contributed by atoms with Crippen molar-refractivity contribution in [3.63, 3.8) is 0 Å². The first-order valence-electron chi connectivity index (χ1n) is 10.9. The Labute approximate surface area is 199 Å². The summed E-state index contributed by atoms with van der Waals surface area (Å²) in [5.74, 6) is 1.72. The minimum Gasteiger partial charge on any atom is -0.492 e. The van der Waals surface area contributed by atoms with Gasteiger partial charge in [0.05, 0.1) is 13.2 Å². The van der Waals surface area contributed by atoms with Crippen molar-refractivity contribution >= 4 is 29.9 Å². The van der Waals surface area contributed by atoms with Crippen molar-refractivity contribution < 1.29 is 14.2 Å². The number of unbranched alkanes of at least 4 members (excludes halogenated alkanes) is 1. The highest BCUT2D eigenvalue weighted by molar-refractivity contribution is 14.0. The molecular weight excluding hydrogens is 495 g/mol. The normalized spacial score (nSPS) is 14.8. The number of nitrogens with zero attached hydrogens (tertiary/aromatic N) is 2. The molecule has 2 rings (SSSR count). The molecule has 1 aliphatic rings. The van der Waals surface area contributed by atoms with Crippen LogP contribution in [-0.4, -0.2) is 77.1 Å². The predicted octanol–water partition coefficient (Wildman–Crippen LogP) is 2.89. The number of benzene rings is 1. The van der Waals surface area contributed by atoms with E-state index in [9.17, 15) is 0 Å². The molecule has 1 aromatic rings. The molecule has 0 bridgehead atoms. The summed E-state index contributed by atoms with van der Waals surface area (Å²) >= 11 is 0. The van der Waals surface area contributed by atoms with Gasteiger partial charge in [-0.05, 0) is 18.9 Å². The van der Waals surface area contributed by atoms with E-state index in [1.165, 1.54) is 6.42 Å². The molecule has 0 radical (unpaired) electrons. The molecule has 1 fully saturated rings. The van der Waals surface area contributed by atoms with E-state index in [1.807, 2.05) is 18.2 Å². The summed E-state index contributed by atoms with van der Waals surface area (Å²) in [6.07, 6.45) is 3.27. The number of morpholine rings is 1. The maximum Gasteiger partial charge on any atom is 0.191 e. The molecule has 0 aromatic heterocycles. The zero-order valence-electron chi connectivity index (χ0n) is 18.5. The Morgan fingerprint density at radius 3 is 2.63 bits per heavy atom. The summed E-state index contributed by atoms with van der Waals surface area (Å²) in [5, 5.41) is 6.70. The fraction of sp³-hybridized carbons (Fsp3) is 0.682. The van der Waals surface area contributed by atoms with E-state index in [2.05, 4.69) is 33.5 Å². The van der Waals surface area contributed by atoms with E-state index in [0.29, 0.717) is 13.2 Å². The zero-order chi connectivity index (χ0) is 20.6. The molecular formula is C22H39IN4O3. The van der Waals surface area contributed by atoms with Crippen LogP contribution in [0.15, 0.2) is 29.3 Å². The summed E-state index contributed by atoms with van der Waals surface area (Å²) in [7, 11) is 1.79. The number of ether oxygens (including phenoxy) is 3. The second kappa shape index (κ2) is 17.6. The van der Waals surface area contributed by atoms with Crippen molar-refractivity contribution in [3.8, 4) is 5.75 Å². The Morgan fingerprint density at radius 2 is 1.87 bits per heavy atom. The Morgan fingerprint density at radius 1 is 1.10 bits per heavy atom. The van der Waals surface area contributed by atoms with Gasteiger partial charge in [-0.15, -0.1) is 24.0 Å². The lowest BCUT2D eigenvalue weighted by Gasteiger charge is -2.26. The van der Waals surface area contributed by atoms with E-state index in [1.54, 1.807) is 7.05 Å². The Hall–Kier alpha value is -1.10. The van der Waals surface area contributed by atoms with Crippen LogP contribution in [0.4, 0.5) is 0 Å². The summed E-state index contributed by atoms with van der Waals surface area (Å²) < 4.78 is 17.0. The molecule has 2 N–H and O–H groups in total. The molecule has 172 valence electrons. The maximum atomic E-state index is 6.05. The molecule has 0 aliphatic carbocycles. The van der Waals surface area contributed by atoms with Crippen molar-refractivity contribution in [3.05, 3.63) is 29.8 Å². The second-order valence-electron chi connectivity index (χ2n) is 7.08. The van der Waals surface area contributed by atoms with Crippen LogP contribution in [0.25, 0.3) is 0 Å². The molecule has 1 saturated heterocycles. The molecule has 0 spiro atoms. The van der Waals surface area contributed by atoms with Gasteiger partial charge in [0.15, 0.2) is 5.96 Å². The van der Waals surface area contributed by atoms with Crippen LogP contribution in [0.3, 0.4) is 0 Å². The van der Waals surface area contributed by atoms with Gasteiger partial charge in [0, 0.05) is 58.5 Å². The minimum atomic E-state index is 0.